The number of rotatable bonds is 6. The molecule has 0 saturated heterocycles. The van der Waals surface area contributed by atoms with E-state index in [1.807, 2.05) is 24.3 Å². The van der Waals surface area contributed by atoms with Gasteiger partial charge in [0.05, 0.1) is 20.6 Å². The van der Waals surface area contributed by atoms with Gasteiger partial charge in [-0.2, -0.15) is 0 Å². The van der Waals surface area contributed by atoms with Crippen molar-refractivity contribution >= 4 is 5.97 Å². The SMILES string of the molecule is CCCC(CC(=O)OC)c1cccc(OC)c1. The van der Waals surface area contributed by atoms with E-state index >= 15 is 0 Å². The zero-order valence-electron chi connectivity index (χ0n) is 10.7. The van der Waals surface area contributed by atoms with E-state index < -0.39 is 0 Å². The van der Waals surface area contributed by atoms with Crippen LogP contribution in [0.3, 0.4) is 0 Å². The van der Waals surface area contributed by atoms with Crippen molar-refractivity contribution in [1.82, 2.24) is 0 Å². The van der Waals surface area contributed by atoms with Gasteiger partial charge in [0, 0.05) is 0 Å². The van der Waals surface area contributed by atoms with Crippen LogP contribution >= 0.6 is 0 Å². The average Bonchev–Trinajstić information content (AvgIpc) is 2.38. The molecule has 0 aromatic heterocycles. The third kappa shape index (κ3) is 4.10. The van der Waals surface area contributed by atoms with Gasteiger partial charge in [0.1, 0.15) is 5.75 Å². The molecular formula is C14H20O3. The van der Waals surface area contributed by atoms with E-state index in [0.717, 1.165) is 24.2 Å². The first-order valence-electron chi connectivity index (χ1n) is 5.92. The number of benzene rings is 1. The molecule has 0 fully saturated rings. The van der Waals surface area contributed by atoms with Crippen molar-refractivity contribution < 1.29 is 14.3 Å². The minimum Gasteiger partial charge on any atom is -0.497 e. The van der Waals surface area contributed by atoms with Crippen LogP contribution in [0.15, 0.2) is 24.3 Å². The van der Waals surface area contributed by atoms with Crippen molar-refractivity contribution in [2.75, 3.05) is 14.2 Å². The molecule has 0 aliphatic carbocycles. The van der Waals surface area contributed by atoms with E-state index in [0.29, 0.717) is 6.42 Å². The Morgan fingerprint density at radius 1 is 1.35 bits per heavy atom. The van der Waals surface area contributed by atoms with E-state index in [4.69, 9.17) is 9.47 Å². The topological polar surface area (TPSA) is 35.5 Å². The molecule has 0 amide bonds. The van der Waals surface area contributed by atoms with Crippen molar-refractivity contribution in [3.63, 3.8) is 0 Å². The first-order valence-corrected chi connectivity index (χ1v) is 5.92. The van der Waals surface area contributed by atoms with Crippen LogP contribution < -0.4 is 4.74 Å². The van der Waals surface area contributed by atoms with Crippen LogP contribution in [0.1, 0.15) is 37.7 Å². The summed E-state index contributed by atoms with van der Waals surface area (Å²) in [6, 6.07) is 7.88. The van der Waals surface area contributed by atoms with Gasteiger partial charge in [-0.3, -0.25) is 4.79 Å². The summed E-state index contributed by atoms with van der Waals surface area (Å²) in [6.07, 6.45) is 2.44. The predicted octanol–water partition coefficient (Wildman–Crippen LogP) is 3.14. The van der Waals surface area contributed by atoms with Crippen LogP contribution in [0.5, 0.6) is 5.75 Å². The average molecular weight is 236 g/mol. The third-order valence-corrected chi connectivity index (χ3v) is 2.84. The van der Waals surface area contributed by atoms with Crippen LogP contribution in [0.25, 0.3) is 0 Å². The zero-order valence-corrected chi connectivity index (χ0v) is 10.7. The fourth-order valence-corrected chi connectivity index (χ4v) is 1.92. The summed E-state index contributed by atoms with van der Waals surface area (Å²) in [6.45, 7) is 2.12. The number of methoxy groups -OCH3 is 2. The Kier molecular flexibility index (Phi) is 5.53. The van der Waals surface area contributed by atoms with Gasteiger partial charge in [-0.1, -0.05) is 25.5 Å². The van der Waals surface area contributed by atoms with Gasteiger partial charge >= 0.3 is 5.97 Å². The molecule has 0 radical (unpaired) electrons. The van der Waals surface area contributed by atoms with Crippen LogP contribution in [0.2, 0.25) is 0 Å². The Bertz CT molecular complexity index is 360. The minimum atomic E-state index is -0.161. The minimum absolute atomic E-state index is 0.161. The largest absolute Gasteiger partial charge is 0.497 e. The molecule has 94 valence electrons. The predicted molar refractivity (Wildman–Crippen MR) is 67.3 cm³/mol. The fourth-order valence-electron chi connectivity index (χ4n) is 1.92. The maximum absolute atomic E-state index is 11.4. The van der Waals surface area contributed by atoms with E-state index in [1.54, 1.807) is 7.11 Å². The molecule has 0 N–H and O–H groups in total. The van der Waals surface area contributed by atoms with Crippen molar-refractivity contribution in [3.8, 4) is 5.75 Å². The highest BCUT2D eigenvalue weighted by Crippen LogP contribution is 2.27. The molecular weight excluding hydrogens is 216 g/mol. The normalized spacial score (nSPS) is 11.9. The molecule has 1 aromatic rings. The van der Waals surface area contributed by atoms with Gasteiger partial charge in [-0.15, -0.1) is 0 Å². The van der Waals surface area contributed by atoms with Gasteiger partial charge in [-0.25, -0.2) is 0 Å². The van der Waals surface area contributed by atoms with E-state index in [-0.39, 0.29) is 11.9 Å². The molecule has 1 unspecified atom stereocenters. The molecule has 17 heavy (non-hydrogen) atoms. The van der Waals surface area contributed by atoms with Gasteiger partial charge < -0.3 is 9.47 Å². The van der Waals surface area contributed by atoms with Gasteiger partial charge in [0.25, 0.3) is 0 Å². The highest BCUT2D eigenvalue weighted by molar-refractivity contribution is 5.70. The summed E-state index contributed by atoms with van der Waals surface area (Å²) in [4.78, 5) is 11.4. The number of hydrogen-bond acceptors (Lipinski definition) is 3. The quantitative estimate of drug-likeness (QED) is 0.712. The lowest BCUT2D eigenvalue weighted by Crippen LogP contribution is -2.08. The number of carbonyl (C=O) groups is 1. The van der Waals surface area contributed by atoms with E-state index in [9.17, 15) is 4.79 Å². The number of hydrogen-bond donors (Lipinski definition) is 0. The highest BCUT2D eigenvalue weighted by atomic mass is 16.5. The van der Waals surface area contributed by atoms with Crippen molar-refractivity contribution in [3.05, 3.63) is 29.8 Å². The molecule has 1 atom stereocenters. The molecule has 0 aliphatic heterocycles. The maximum Gasteiger partial charge on any atom is 0.306 e. The van der Waals surface area contributed by atoms with E-state index in [1.165, 1.54) is 7.11 Å². The molecule has 1 rings (SSSR count). The van der Waals surface area contributed by atoms with Gasteiger partial charge in [-0.05, 0) is 30.0 Å². The Balaban J connectivity index is 2.84. The molecule has 3 nitrogen and oxygen atoms in total. The molecule has 0 saturated carbocycles. The molecule has 0 spiro atoms. The van der Waals surface area contributed by atoms with Crippen molar-refractivity contribution in [2.24, 2.45) is 0 Å². The molecule has 1 aromatic carbocycles. The Morgan fingerprint density at radius 3 is 2.71 bits per heavy atom. The summed E-state index contributed by atoms with van der Waals surface area (Å²) in [7, 11) is 3.07. The fraction of sp³-hybridized carbons (Fsp3) is 0.500. The van der Waals surface area contributed by atoms with Crippen molar-refractivity contribution in [1.29, 1.82) is 0 Å². The second kappa shape index (κ2) is 6.94. The lowest BCUT2D eigenvalue weighted by Gasteiger charge is -2.16. The smallest absolute Gasteiger partial charge is 0.306 e. The number of esters is 1. The Labute approximate surface area is 103 Å². The summed E-state index contributed by atoms with van der Waals surface area (Å²) >= 11 is 0. The number of carbonyl (C=O) groups excluding carboxylic acids is 1. The zero-order chi connectivity index (χ0) is 12.7. The van der Waals surface area contributed by atoms with Gasteiger partial charge in [0.15, 0.2) is 0 Å². The summed E-state index contributed by atoms with van der Waals surface area (Å²) in [5, 5.41) is 0. The molecule has 0 heterocycles. The van der Waals surface area contributed by atoms with Crippen LogP contribution in [-0.2, 0) is 9.53 Å². The van der Waals surface area contributed by atoms with Crippen LogP contribution in [0.4, 0.5) is 0 Å². The van der Waals surface area contributed by atoms with Crippen molar-refractivity contribution in [2.45, 2.75) is 32.1 Å². The van der Waals surface area contributed by atoms with E-state index in [2.05, 4.69) is 6.92 Å². The van der Waals surface area contributed by atoms with Gasteiger partial charge in [0.2, 0.25) is 0 Å². The summed E-state index contributed by atoms with van der Waals surface area (Å²) < 4.78 is 9.93. The molecule has 3 heteroatoms. The highest BCUT2D eigenvalue weighted by Gasteiger charge is 2.16. The van der Waals surface area contributed by atoms with Crippen LogP contribution in [0, 0.1) is 0 Å². The lowest BCUT2D eigenvalue weighted by molar-refractivity contribution is -0.141. The standard InChI is InChI=1S/C14H20O3/c1-4-6-11(10-14(15)17-3)12-7-5-8-13(9-12)16-2/h5,7-9,11H,4,6,10H2,1-3H3. The van der Waals surface area contributed by atoms with Crippen LogP contribution in [-0.4, -0.2) is 20.2 Å². The molecule has 0 bridgehead atoms. The first kappa shape index (κ1) is 13.6. The Hall–Kier alpha value is -1.51. The molecule has 0 aliphatic rings. The third-order valence-electron chi connectivity index (χ3n) is 2.84. The maximum atomic E-state index is 11.4. The second-order valence-electron chi connectivity index (χ2n) is 4.04. The summed E-state index contributed by atoms with van der Waals surface area (Å²) in [5.74, 6) is 0.877. The first-order chi connectivity index (χ1) is 8.21. The summed E-state index contributed by atoms with van der Waals surface area (Å²) in [5.41, 5.74) is 1.14. The second-order valence-corrected chi connectivity index (χ2v) is 4.04. The number of ether oxygens (including phenoxy) is 2. The Morgan fingerprint density at radius 2 is 2.12 bits per heavy atom. The lowest BCUT2D eigenvalue weighted by atomic mass is 9.91. The monoisotopic (exact) mass is 236 g/mol.